The Bertz CT molecular complexity index is 1550. The summed E-state index contributed by atoms with van der Waals surface area (Å²) in [6.45, 7) is 11.4. The molecule has 4 aromatic rings. The molecule has 2 aliphatic heterocycles. The quantitative estimate of drug-likeness (QED) is 0.349. The predicted molar refractivity (Wildman–Crippen MR) is 154 cm³/mol. The minimum absolute atomic E-state index is 0.0745. The van der Waals surface area contributed by atoms with Crippen molar-refractivity contribution in [1.82, 2.24) is 25.2 Å². The van der Waals surface area contributed by atoms with Crippen molar-refractivity contribution in [3.8, 4) is 11.6 Å². The van der Waals surface area contributed by atoms with Gasteiger partial charge in [0.1, 0.15) is 23.5 Å². The average Bonchev–Trinajstić information content (AvgIpc) is 3.33. The average molecular weight is 544 g/mol. The highest BCUT2D eigenvalue weighted by molar-refractivity contribution is 5.85. The SMILES string of the molecule is CC1(COc2ccc3c(c2)ncn3-c2ccc3cccc(C4(NC(=O)OC(C)(C)C)CCNCC4)c3n2)COC1. The lowest BCUT2D eigenvalue weighted by atomic mass is 9.80. The third-order valence-electron chi connectivity index (χ3n) is 7.67. The van der Waals surface area contributed by atoms with Crippen molar-refractivity contribution in [2.75, 3.05) is 32.9 Å². The molecular weight excluding hydrogens is 506 g/mol. The number of para-hydroxylation sites is 1. The molecule has 4 heterocycles. The van der Waals surface area contributed by atoms with E-state index in [9.17, 15) is 4.79 Å². The van der Waals surface area contributed by atoms with E-state index in [4.69, 9.17) is 19.2 Å². The first-order valence-electron chi connectivity index (χ1n) is 13.9. The Balaban J connectivity index is 1.35. The van der Waals surface area contributed by atoms with Crippen LogP contribution in [-0.2, 0) is 15.0 Å². The number of nitrogens with one attached hydrogen (secondary N) is 2. The number of carbonyl (C=O) groups is 1. The molecule has 0 spiro atoms. The molecular formula is C31H37N5O4. The standard InChI is InChI=1S/C31H37N5O4/c1-29(2,3)40-28(37)35-31(12-14-32-15-13-31)23-7-5-6-21-8-11-26(34-27(21)23)36-20-33-24-16-22(9-10-25(24)36)39-19-30(4)17-38-18-30/h5-11,16,20,32H,12-15,17-19H2,1-4H3,(H,35,37). The molecule has 2 saturated heterocycles. The van der Waals surface area contributed by atoms with E-state index >= 15 is 0 Å². The number of benzene rings is 2. The Hall–Kier alpha value is -3.69. The van der Waals surface area contributed by atoms with Gasteiger partial charge < -0.3 is 24.8 Å². The number of hydrogen-bond donors (Lipinski definition) is 2. The smallest absolute Gasteiger partial charge is 0.408 e. The Morgan fingerprint density at radius 2 is 1.93 bits per heavy atom. The lowest BCUT2D eigenvalue weighted by molar-refractivity contribution is -0.120. The van der Waals surface area contributed by atoms with Crippen molar-refractivity contribution >= 4 is 28.0 Å². The number of fused-ring (bicyclic) bond motifs is 2. The minimum atomic E-state index is -0.593. The van der Waals surface area contributed by atoms with Gasteiger partial charge in [-0.15, -0.1) is 0 Å². The zero-order valence-corrected chi connectivity index (χ0v) is 23.6. The number of carbonyl (C=O) groups excluding carboxylic acids is 1. The minimum Gasteiger partial charge on any atom is -0.493 e. The summed E-state index contributed by atoms with van der Waals surface area (Å²) in [7, 11) is 0. The monoisotopic (exact) mass is 543 g/mol. The third-order valence-corrected chi connectivity index (χ3v) is 7.67. The first kappa shape index (κ1) is 26.5. The molecule has 6 rings (SSSR count). The molecule has 0 atom stereocenters. The molecule has 0 saturated carbocycles. The molecule has 2 fully saturated rings. The summed E-state index contributed by atoms with van der Waals surface area (Å²) in [6.07, 6.45) is 2.85. The van der Waals surface area contributed by atoms with Crippen LogP contribution in [0.2, 0.25) is 0 Å². The summed E-state index contributed by atoms with van der Waals surface area (Å²) in [6, 6.07) is 16.2. The predicted octanol–water partition coefficient (Wildman–Crippen LogP) is 5.09. The van der Waals surface area contributed by atoms with Crippen molar-refractivity contribution in [1.29, 1.82) is 0 Å². The topological polar surface area (TPSA) is 99.5 Å². The fourth-order valence-corrected chi connectivity index (χ4v) is 5.53. The largest absolute Gasteiger partial charge is 0.493 e. The Morgan fingerprint density at radius 1 is 1.12 bits per heavy atom. The lowest BCUT2D eigenvalue weighted by Gasteiger charge is -2.39. The second-order valence-electron chi connectivity index (χ2n) is 12.4. The van der Waals surface area contributed by atoms with E-state index in [1.807, 2.05) is 55.7 Å². The van der Waals surface area contributed by atoms with Crippen LogP contribution >= 0.6 is 0 Å². The maximum Gasteiger partial charge on any atom is 0.408 e. The first-order valence-corrected chi connectivity index (χ1v) is 13.9. The van der Waals surface area contributed by atoms with Crippen LogP contribution in [0.25, 0.3) is 27.8 Å². The van der Waals surface area contributed by atoms with Gasteiger partial charge in [-0.1, -0.05) is 25.1 Å². The van der Waals surface area contributed by atoms with Crippen molar-refractivity contribution in [2.24, 2.45) is 5.41 Å². The maximum atomic E-state index is 13.0. The molecule has 0 bridgehead atoms. The molecule has 2 aliphatic rings. The van der Waals surface area contributed by atoms with E-state index in [0.717, 1.165) is 78.2 Å². The highest BCUT2D eigenvalue weighted by Gasteiger charge is 2.38. The number of ether oxygens (including phenoxy) is 3. The Labute approximate surface area is 234 Å². The van der Waals surface area contributed by atoms with Crippen LogP contribution in [0, 0.1) is 5.41 Å². The van der Waals surface area contributed by atoms with E-state index in [1.165, 1.54) is 0 Å². The van der Waals surface area contributed by atoms with Gasteiger partial charge >= 0.3 is 6.09 Å². The van der Waals surface area contributed by atoms with Crippen molar-refractivity contribution in [3.63, 3.8) is 0 Å². The second kappa shape index (κ2) is 10.1. The Morgan fingerprint density at radius 3 is 2.65 bits per heavy atom. The van der Waals surface area contributed by atoms with Crippen LogP contribution in [0.15, 0.2) is 54.9 Å². The number of hydrogen-bond acceptors (Lipinski definition) is 7. The number of rotatable bonds is 6. The summed E-state index contributed by atoms with van der Waals surface area (Å²) >= 11 is 0. The molecule has 210 valence electrons. The van der Waals surface area contributed by atoms with Gasteiger partial charge in [0.05, 0.1) is 41.9 Å². The molecule has 40 heavy (non-hydrogen) atoms. The van der Waals surface area contributed by atoms with E-state index in [-0.39, 0.29) is 5.41 Å². The molecule has 0 unspecified atom stereocenters. The summed E-state index contributed by atoms with van der Waals surface area (Å²) in [4.78, 5) is 22.8. The van der Waals surface area contributed by atoms with Gasteiger partial charge in [0.2, 0.25) is 0 Å². The molecule has 9 heteroatoms. The molecule has 2 aromatic carbocycles. The number of alkyl carbamates (subject to hydrolysis) is 1. The summed E-state index contributed by atoms with van der Waals surface area (Å²) < 4.78 is 19.1. The van der Waals surface area contributed by atoms with Crippen molar-refractivity contribution < 1.29 is 19.0 Å². The normalized spacial score (nSPS) is 18.3. The van der Waals surface area contributed by atoms with Gasteiger partial charge in [-0.2, -0.15) is 0 Å². The molecule has 2 aromatic heterocycles. The van der Waals surface area contributed by atoms with Crippen LogP contribution in [-0.4, -0.2) is 59.1 Å². The first-order chi connectivity index (χ1) is 19.1. The summed E-state index contributed by atoms with van der Waals surface area (Å²) in [5.74, 6) is 1.55. The summed E-state index contributed by atoms with van der Waals surface area (Å²) in [5.41, 5.74) is 2.53. The third kappa shape index (κ3) is 5.23. The fraction of sp³-hybridized carbons (Fsp3) is 0.452. The molecule has 0 aliphatic carbocycles. The number of pyridine rings is 1. The zero-order valence-electron chi connectivity index (χ0n) is 23.6. The molecule has 1 amide bonds. The van der Waals surface area contributed by atoms with Gasteiger partial charge in [-0.05, 0) is 71.0 Å². The summed E-state index contributed by atoms with van der Waals surface area (Å²) in [5, 5.41) is 7.67. The van der Waals surface area contributed by atoms with Gasteiger partial charge in [-0.3, -0.25) is 4.57 Å². The lowest BCUT2D eigenvalue weighted by Crippen LogP contribution is -2.53. The number of nitrogens with zero attached hydrogens (tertiary/aromatic N) is 3. The van der Waals surface area contributed by atoms with Gasteiger partial charge in [0.15, 0.2) is 0 Å². The molecule has 2 N–H and O–H groups in total. The number of imidazole rings is 1. The van der Waals surface area contributed by atoms with E-state index in [1.54, 1.807) is 6.33 Å². The second-order valence-corrected chi connectivity index (χ2v) is 12.4. The van der Waals surface area contributed by atoms with Gasteiger partial charge in [0.25, 0.3) is 0 Å². The fourth-order valence-electron chi connectivity index (χ4n) is 5.53. The van der Waals surface area contributed by atoms with Gasteiger partial charge in [0, 0.05) is 22.4 Å². The van der Waals surface area contributed by atoms with Crippen molar-refractivity contribution in [2.45, 2.75) is 51.7 Å². The van der Waals surface area contributed by atoms with Crippen molar-refractivity contribution in [3.05, 3.63) is 60.4 Å². The number of aromatic nitrogens is 3. The van der Waals surface area contributed by atoms with Crippen LogP contribution in [0.5, 0.6) is 5.75 Å². The zero-order chi connectivity index (χ0) is 28.0. The van der Waals surface area contributed by atoms with Crippen LogP contribution in [0.4, 0.5) is 4.79 Å². The van der Waals surface area contributed by atoms with Crippen LogP contribution in [0.3, 0.4) is 0 Å². The number of amides is 1. The highest BCUT2D eigenvalue weighted by Crippen LogP contribution is 2.36. The molecule has 0 radical (unpaired) electrons. The molecule has 9 nitrogen and oxygen atoms in total. The maximum absolute atomic E-state index is 13.0. The van der Waals surface area contributed by atoms with E-state index < -0.39 is 17.2 Å². The highest BCUT2D eigenvalue weighted by atomic mass is 16.6. The van der Waals surface area contributed by atoms with E-state index in [2.05, 4.69) is 40.7 Å². The van der Waals surface area contributed by atoms with Crippen LogP contribution < -0.4 is 15.4 Å². The van der Waals surface area contributed by atoms with E-state index in [0.29, 0.717) is 6.61 Å². The van der Waals surface area contributed by atoms with Gasteiger partial charge in [-0.25, -0.2) is 14.8 Å². The Kier molecular flexibility index (Phi) is 6.67. The van der Waals surface area contributed by atoms with Crippen LogP contribution in [0.1, 0.15) is 46.1 Å². The number of piperidine rings is 1.